The molecule has 0 atom stereocenters. The van der Waals surface area contributed by atoms with Gasteiger partial charge >= 0.3 is 0 Å². The summed E-state index contributed by atoms with van der Waals surface area (Å²) in [6.45, 7) is 0. The quantitative estimate of drug-likeness (QED) is 0.531. The van der Waals surface area contributed by atoms with E-state index < -0.39 is 0 Å². The summed E-state index contributed by atoms with van der Waals surface area (Å²) < 4.78 is 5.71. The molecule has 0 N–H and O–H groups in total. The summed E-state index contributed by atoms with van der Waals surface area (Å²) in [6.07, 6.45) is 0. The molecule has 76 valence electrons. The molecule has 3 rings (SSSR count). The molecule has 2 heteroatoms. The third kappa shape index (κ3) is 1.18. The maximum Gasteiger partial charge on any atom is 0.136 e. The number of rotatable bonds is 0. The van der Waals surface area contributed by atoms with E-state index in [0.717, 1.165) is 11.1 Å². The van der Waals surface area contributed by atoms with Crippen LogP contribution in [0.3, 0.4) is 0 Å². The number of para-hydroxylation sites is 2. The first-order chi connectivity index (χ1) is 7.90. The van der Waals surface area contributed by atoms with E-state index in [1.165, 1.54) is 0 Å². The fourth-order valence-corrected chi connectivity index (χ4v) is 1.90. The van der Waals surface area contributed by atoms with Gasteiger partial charge in [-0.3, -0.25) is 0 Å². The summed E-state index contributed by atoms with van der Waals surface area (Å²) in [4.78, 5) is 11.1. The van der Waals surface area contributed by atoms with Crippen molar-refractivity contribution < 1.29 is 9.53 Å². The highest BCUT2D eigenvalue weighted by molar-refractivity contribution is 6.01. The summed E-state index contributed by atoms with van der Waals surface area (Å²) in [6, 6.07) is 15.0. The molecule has 2 aromatic carbocycles. The predicted octanol–water partition coefficient (Wildman–Crippen LogP) is 3.06. The van der Waals surface area contributed by atoms with Crippen molar-refractivity contribution >= 4 is 11.5 Å². The molecular weight excluding hydrogens is 200 g/mol. The first-order valence-electron chi connectivity index (χ1n) is 5.02. The van der Waals surface area contributed by atoms with Crippen molar-refractivity contribution in [2.45, 2.75) is 0 Å². The Morgan fingerprint density at radius 2 is 1.31 bits per heavy atom. The van der Waals surface area contributed by atoms with Crippen LogP contribution >= 0.6 is 0 Å². The molecule has 16 heavy (non-hydrogen) atoms. The van der Waals surface area contributed by atoms with Crippen molar-refractivity contribution in [1.29, 1.82) is 0 Å². The zero-order chi connectivity index (χ0) is 11.0. The molecule has 0 aromatic heterocycles. The highest BCUT2D eigenvalue weighted by Crippen LogP contribution is 2.41. The summed E-state index contributed by atoms with van der Waals surface area (Å²) in [5.41, 5.74) is 2.17. The number of fused-ring (bicyclic) bond motifs is 2. The number of hydrogen-bond acceptors (Lipinski definition) is 2. The summed E-state index contributed by atoms with van der Waals surface area (Å²) in [5, 5.41) is 0. The van der Waals surface area contributed by atoms with Gasteiger partial charge in [-0.15, -0.1) is 0 Å². The highest BCUT2D eigenvalue weighted by Gasteiger charge is 2.21. The zero-order valence-corrected chi connectivity index (χ0v) is 8.44. The number of benzene rings is 2. The molecule has 0 spiro atoms. The van der Waals surface area contributed by atoms with Crippen molar-refractivity contribution in [3.8, 4) is 11.5 Å². The van der Waals surface area contributed by atoms with Gasteiger partial charge in [0.15, 0.2) is 0 Å². The van der Waals surface area contributed by atoms with Crippen LogP contribution in [0.2, 0.25) is 0 Å². The van der Waals surface area contributed by atoms with E-state index in [0.29, 0.717) is 17.1 Å². The molecule has 2 nitrogen and oxygen atoms in total. The van der Waals surface area contributed by atoms with E-state index in [2.05, 4.69) is 0 Å². The van der Waals surface area contributed by atoms with Gasteiger partial charge in [0, 0.05) is 11.1 Å². The lowest BCUT2D eigenvalue weighted by molar-refractivity contribution is 0.474. The monoisotopic (exact) mass is 208 g/mol. The highest BCUT2D eigenvalue weighted by atomic mass is 16.5. The van der Waals surface area contributed by atoms with Gasteiger partial charge in [0.2, 0.25) is 0 Å². The third-order valence-corrected chi connectivity index (χ3v) is 2.63. The van der Waals surface area contributed by atoms with E-state index in [9.17, 15) is 4.79 Å². The zero-order valence-electron chi connectivity index (χ0n) is 8.44. The van der Waals surface area contributed by atoms with Gasteiger partial charge in [-0.1, -0.05) is 24.3 Å². The minimum absolute atomic E-state index is 0.567. The molecule has 0 bridgehead atoms. The Hall–Kier alpha value is -2.31. The van der Waals surface area contributed by atoms with E-state index >= 15 is 0 Å². The van der Waals surface area contributed by atoms with Crippen molar-refractivity contribution in [2.24, 2.45) is 0 Å². The van der Waals surface area contributed by atoms with Crippen molar-refractivity contribution in [1.82, 2.24) is 0 Å². The van der Waals surface area contributed by atoms with Crippen LogP contribution in [0, 0.1) is 0 Å². The molecule has 0 fully saturated rings. The molecule has 0 amide bonds. The maximum absolute atomic E-state index is 11.1. The van der Waals surface area contributed by atoms with Crippen LogP contribution in [0.25, 0.3) is 5.57 Å². The van der Waals surface area contributed by atoms with Crippen LogP contribution < -0.4 is 4.74 Å². The fourth-order valence-electron chi connectivity index (χ4n) is 1.90. The summed E-state index contributed by atoms with van der Waals surface area (Å²) >= 11 is 0. The van der Waals surface area contributed by atoms with Crippen LogP contribution in [0.1, 0.15) is 11.1 Å². The van der Waals surface area contributed by atoms with Crippen LogP contribution in [-0.4, -0.2) is 5.94 Å². The van der Waals surface area contributed by atoms with Crippen LogP contribution in [-0.2, 0) is 4.79 Å². The normalized spacial score (nSPS) is 12.1. The van der Waals surface area contributed by atoms with Crippen molar-refractivity contribution in [3.05, 3.63) is 59.7 Å². The van der Waals surface area contributed by atoms with E-state index in [1.54, 1.807) is 0 Å². The topological polar surface area (TPSA) is 26.3 Å². The lowest BCUT2D eigenvalue weighted by atomic mass is 9.95. The standard InChI is InChI=1S/C14H8O2/c15-9-12-10-5-1-3-7-13(10)16-14-8-4-2-6-11(12)14/h1-8H. The number of carbonyl (C=O) groups excluding carboxylic acids is 1. The van der Waals surface area contributed by atoms with Crippen LogP contribution in [0.5, 0.6) is 11.5 Å². The van der Waals surface area contributed by atoms with E-state index in [4.69, 9.17) is 4.74 Å². The third-order valence-electron chi connectivity index (χ3n) is 2.63. The predicted molar refractivity (Wildman–Crippen MR) is 61.2 cm³/mol. The van der Waals surface area contributed by atoms with Gasteiger partial charge in [-0.25, -0.2) is 4.79 Å². The molecule has 1 heterocycles. The largest absolute Gasteiger partial charge is 0.456 e. The van der Waals surface area contributed by atoms with E-state index in [-0.39, 0.29) is 0 Å². The lowest BCUT2D eigenvalue weighted by Crippen LogP contribution is -2.02. The van der Waals surface area contributed by atoms with E-state index in [1.807, 2.05) is 54.5 Å². The molecule has 1 aliphatic heterocycles. The Balaban J connectivity index is 2.32. The molecule has 1 aliphatic rings. The van der Waals surface area contributed by atoms with Crippen LogP contribution in [0.15, 0.2) is 48.5 Å². The Morgan fingerprint density at radius 1 is 0.812 bits per heavy atom. The van der Waals surface area contributed by atoms with Gasteiger partial charge in [0.1, 0.15) is 17.4 Å². The minimum atomic E-state index is 0.567. The molecule has 0 saturated heterocycles. The van der Waals surface area contributed by atoms with Gasteiger partial charge in [0.05, 0.1) is 5.57 Å². The second-order valence-corrected chi connectivity index (χ2v) is 3.57. The van der Waals surface area contributed by atoms with Gasteiger partial charge in [-0.2, -0.15) is 0 Å². The Morgan fingerprint density at radius 3 is 1.81 bits per heavy atom. The number of hydrogen-bond donors (Lipinski definition) is 0. The Labute approximate surface area is 92.8 Å². The average Bonchev–Trinajstić information content (AvgIpc) is 2.36. The summed E-state index contributed by atoms with van der Waals surface area (Å²) in [7, 11) is 0. The molecule has 0 aliphatic carbocycles. The Kier molecular flexibility index (Phi) is 1.89. The second-order valence-electron chi connectivity index (χ2n) is 3.57. The van der Waals surface area contributed by atoms with Crippen molar-refractivity contribution in [2.75, 3.05) is 0 Å². The lowest BCUT2D eigenvalue weighted by Gasteiger charge is -2.20. The smallest absolute Gasteiger partial charge is 0.136 e. The first kappa shape index (κ1) is 8.96. The second kappa shape index (κ2) is 3.37. The van der Waals surface area contributed by atoms with Gasteiger partial charge < -0.3 is 4.74 Å². The molecule has 2 aromatic rings. The van der Waals surface area contributed by atoms with Crippen molar-refractivity contribution in [3.63, 3.8) is 0 Å². The Bertz CT molecular complexity index is 560. The van der Waals surface area contributed by atoms with Gasteiger partial charge in [-0.05, 0) is 24.3 Å². The fraction of sp³-hybridized carbons (Fsp3) is 0. The van der Waals surface area contributed by atoms with Crippen LogP contribution in [0.4, 0.5) is 0 Å². The molecule has 0 radical (unpaired) electrons. The summed E-state index contributed by atoms with van der Waals surface area (Å²) in [5.74, 6) is 3.42. The first-order valence-corrected chi connectivity index (χ1v) is 5.02. The average molecular weight is 208 g/mol. The SMILES string of the molecule is O=C=C1c2ccccc2Oc2ccccc21. The minimum Gasteiger partial charge on any atom is -0.456 e. The molecule has 0 saturated carbocycles. The molecular formula is C14H8O2. The number of ether oxygens (including phenoxy) is 1. The van der Waals surface area contributed by atoms with Gasteiger partial charge in [0.25, 0.3) is 0 Å². The molecule has 0 unspecified atom stereocenters. The maximum atomic E-state index is 11.1.